The summed E-state index contributed by atoms with van der Waals surface area (Å²) in [6.45, 7) is 1.81. The lowest BCUT2D eigenvalue weighted by Crippen LogP contribution is -2.22. The molecule has 2 N–H and O–H groups in total. The van der Waals surface area contributed by atoms with Crippen LogP contribution >= 0.6 is 0 Å². The van der Waals surface area contributed by atoms with Crippen LogP contribution in [-0.4, -0.2) is 35.9 Å². The van der Waals surface area contributed by atoms with Gasteiger partial charge >= 0.3 is 0 Å². The summed E-state index contributed by atoms with van der Waals surface area (Å²) in [6.07, 6.45) is 0.548. The molecule has 23 heavy (non-hydrogen) atoms. The predicted molar refractivity (Wildman–Crippen MR) is 87.1 cm³/mol. The molecule has 1 unspecified atom stereocenters. The van der Waals surface area contributed by atoms with Crippen LogP contribution in [0.5, 0.6) is 0 Å². The van der Waals surface area contributed by atoms with Crippen LogP contribution in [0.25, 0.3) is 0 Å². The standard InChI is InChI=1S/C15H17FN4O2S/c1-10-7-14(18-12-4-2-3-11(16)8-12)20-15(17-10)19-13-5-6-23(21,22)9-13/h2-4,7-8,13H,5-6,9H2,1H3,(H2,17,18,19,20). The molecular formula is C15H17FN4O2S. The Morgan fingerprint density at radius 2 is 2.09 bits per heavy atom. The Morgan fingerprint density at radius 3 is 2.78 bits per heavy atom. The van der Waals surface area contributed by atoms with Crippen molar-refractivity contribution in [1.29, 1.82) is 0 Å². The fraction of sp³-hybridized carbons (Fsp3) is 0.333. The van der Waals surface area contributed by atoms with Gasteiger partial charge in [-0.2, -0.15) is 4.98 Å². The summed E-state index contributed by atoms with van der Waals surface area (Å²) in [7, 11) is -2.96. The maximum Gasteiger partial charge on any atom is 0.225 e. The van der Waals surface area contributed by atoms with Gasteiger partial charge in [0.2, 0.25) is 5.95 Å². The Labute approximate surface area is 134 Å². The molecule has 0 radical (unpaired) electrons. The van der Waals surface area contributed by atoms with Crippen molar-refractivity contribution in [3.63, 3.8) is 0 Å². The largest absolute Gasteiger partial charge is 0.350 e. The zero-order valence-corrected chi connectivity index (χ0v) is 13.4. The molecule has 1 aliphatic heterocycles. The van der Waals surface area contributed by atoms with Gasteiger partial charge < -0.3 is 10.6 Å². The lowest BCUT2D eigenvalue weighted by molar-refractivity contribution is 0.602. The molecule has 6 nitrogen and oxygen atoms in total. The normalized spacial score (nSPS) is 19.5. The van der Waals surface area contributed by atoms with E-state index in [-0.39, 0.29) is 23.4 Å². The molecule has 8 heteroatoms. The minimum Gasteiger partial charge on any atom is -0.350 e. The molecule has 1 aromatic carbocycles. The summed E-state index contributed by atoms with van der Waals surface area (Å²) in [5, 5.41) is 6.08. The van der Waals surface area contributed by atoms with Crippen LogP contribution in [0.3, 0.4) is 0 Å². The van der Waals surface area contributed by atoms with E-state index in [0.717, 1.165) is 5.69 Å². The number of nitrogens with zero attached hydrogens (tertiary/aromatic N) is 2. The van der Waals surface area contributed by atoms with E-state index in [4.69, 9.17) is 0 Å². The molecule has 1 saturated heterocycles. The van der Waals surface area contributed by atoms with Crippen molar-refractivity contribution in [2.75, 3.05) is 22.1 Å². The van der Waals surface area contributed by atoms with Gasteiger partial charge in [-0.15, -0.1) is 0 Å². The molecule has 3 rings (SSSR count). The fourth-order valence-corrected chi connectivity index (χ4v) is 4.18. The third-order valence-corrected chi connectivity index (χ3v) is 5.28. The zero-order chi connectivity index (χ0) is 16.4. The second-order valence-corrected chi connectivity index (χ2v) is 7.83. The molecule has 0 saturated carbocycles. The molecule has 1 atom stereocenters. The number of sulfone groups is 1. The highest BCUT2D eigenvalue weighted by molar-refractivity contribution is 7.91. The van der Waals surface area contributed by atoms with Gasteiger partial charge in [0.05, 0.1) is 11.5 Å². The molecule has 0 amide bonds. The maximum absolute atomic E-state index is 13.2. The summed E-state index contributed by atoms with van der Waals surface area (Å²) in [6, 6.07) is 7.63. The first-order valence-electron chi connectivity index (χ1n) is 7.25. The van der Waals surface area contributed by atoms with Crippen molar-refractivity contribution >= 4 is 27.3 Å². The van der Waals surface area contributed by atoms with Gasteiger partial charge in [0.1, 0.15) is 11.6 Å². The van der Waals surface area contributed by atoms with Gasteiger partial charge in [0, 0.05) is 23.5 Å². The van der Waals surface area contributed by atoms with Gasteiger partial charge in [-0.05, 0) is 31.5 Å². The highest BCUT2D eigenvalue weighted by atomic mass is 32.2. The number of hydrogen-bond donors (Lipinski definition) is 2. The van der Waals surface area contributed by atoms with Crippen LogP contribution in [0, 0.1) is 12.7 Å². The second kappa shape index (κ2) is 6.11. The first kappa shape index (κ1) is 15.7. The molecular weight excluding hydrogens is 319 g/mol. The molecule has 0 aliphatic carbocycles. The SMILES string of the molecule is Cc1cc(Nc2cccc(F)c2)nc(NC2CCS(=O)(=O)C2)n1. The number of anilines is 3. The average Bonchev–Trinajstić information content (AvgIpc) is 2.77. The van der Waals surface area contributed by atoms with Crippen molar-refractivity contribution in [3.8, 4) is 0 Å². The average molecular weight is 336 g/mol. The van der Waals surface area contributed by atoms with Crippen LogP contribution in [0.1, 0.15) is 12.1 Å². The maximum atomic E-state index is 13.2. The Kier molecular flexibility index (Phi) is 4.16. The number of rotatable bonds is 4. The smallest absolute Gasteiger partial charge is 0.225 e. The minimum absolute atomic E-state index is 0.0942. The summed E-state index contributed by atoms with van der Waals surface area (Å²) in [5.74, 6) is 0.828. The second-order valence-electron chi connectivity index (χ2n) is 5.60. The third kappa shape index (κ3) is 4.16. The van der Waals surface area contributed by atoms with E-state index in [2.05, 4.69) is 20.6 Å². The minimum atomic E-state index is -2.96. The molecule has 2 heterocycles. The lowest BCUT2D eigenvalue weighted by atomic mass is 10.3. The molecule has 1 aromatic heterocycles. The van der Waals surface area contributed by atoms with Gasteiger partial charge in [0.25, 0.3) is 0 Å². The van der Waals surface area contributed by atoms with Crippen molar-refractivity contribution in [1.82, 2.24) is 9.97 Å². The number of nitrogens with one attached hydrogen (secondary N) is 2. The van der Waals surface area contributed by atoms with Gasteiger partial charge in [-0.3, -0.25) is 0 Å². The number of aromatic nitrogens is 2. The van der Waals surface area contributed by atoms with Crippen molar-refractivity contribution in [3.05, 3.63) is 41.8 Å². The summed E-state index contributed by atoms with van der Waals surface area (Å²) in [5.41, 5.74) is 1.31. The van der Waals surface area contributed by atoms with E-state index in [1.165, 1.54) is 12.1 Å². The highest BCUT2D eigenvalue weighted by Crippen LogP contribution is 2.20. The van der Waals surface area contributed by atoms with Crippen LogP contribution in [0.4, 0.5) is 21.8 Å². The van der Waals surface area contributed by atoms with Crippen molar-refractivity contribution in [2.45, 2.75) is 19.4 Å². The van der Waals surface area contributed by atoms with Gasteiger partial charge in [0.15, 0.2) is 9.84 Å². The fourth-order valence-electron chi connectivity index (χ4n) is 2.50. The molecule has 0 bridgehead atoms. The quantitative estimate of drug-likeness (QED) is 0.891. The first-order valence-corrected chi connectivity index (χ1v) is 9.07. The number of benzene rings is 1. The van der Waals surface area contributed by atoms with Crippen LogP contribution in [0.2, 0.25) is 0 Å². The Hall–Kier alpha value is -2.22. The molecule has 1 fully saturated rings. The Balaban J connectivity index is 1.76. The highest BCUT2D eigenvalue weighted by Gasteiger charge is 2.28. The van der Waals surface area contributed by atoms with Gasteiger partial charge in [-0.25, -0.2) is 17.8 Å². The lowest BCUT2D eigenvalue weighted by Gasteiger charge is -2.13. The van der Waals surface area contributed by atoms with E-state index in [1.54, 1.807) is 18.2 Å². The van der Waals surface area contributed by atoms with Crippen LogP contribution < -0.4 is 10.6 Å². The first-order chi connectivity index (χ1) is 10.9. The van der Waals surface area contributed by atoms with Crippen LogP contribution in [0.15, 0.2) is 30.3 Å². The monoisotopic (exact) mass is 336 g/mol. The van der Waals surface area contributed by atoms with E-state index >= 15 is 0 Å². The van der Waals surface area contributed by atoms with Crippen LogP contribution in [-0.2, 0) is 9.84 Å². The Bertz CT molecular complexity index is 826. The molecule has 1 aliphatic rings. The van der Waals surface area contributed by atoms with E-state index in [0.29, 0.717) is 23.9 Å². The van der Waals surface area contributed by atoms with E-state index < -0.39 is 9.84 Å². The number of halogens is 1. The molecule has 122 valence electrons. The predicted octanol–water partition coefficient (Wildman–Crippen LogP) is 2.27. The number of hydrogen-bond acceptors (Lipinski definition) is 6. The van der Waals surface area contributed by atoms with Crippen molar-refractivity contribution in [2.24, 2.45) is 0 Å². The van der Waals surface area contributed by atoms with E-state index in [9.17, 15) is 12.8 Å². The molecule has 2 aromatic rings. The zero-order valence-electron chi connectivity index (χ0n) is 12.6. The third-order valence-electron chi connectivity index (χ3n) is 3.52. The summed E-state index contributed by atoms with van der Waals surface area (Å²) in [4.78, 5) is 8.59. The summed E-state index contributed by atoms with van der Waals surface area (Å²) < 4.78 is 36.2. The van der Waals surface area contributed by atoms with Gasteiger partial charge in [-0.1, -0.05) is 6.07 Å². The van der Waals surface area contributed by atoms with Crippen molar-refractivity contribution < 1.29 is 12.8 Å². The molecule has 0 spiro atoms. The summed E-state index contributed by atoms with van der Waals surface area (Å²) >= 11 is 0. The topological polar surface area (TPSA) is 84.0 Å². The number of aryl methyl sites for hydroxylation is 1. The Morgan fingerprint density at radius 1 is 1.26 bits per heavy atom. The van der Waals surface area contributed by atoms with E-state index in [1.807, 2.05) is 6.92 Å².